The number of esters is 4. The molecular weight excluding hydrogens is 1260 g/mol. The van der Waals surface area contributed by atoms with Crippen LogP contribution in [0.1, 0.15) is 375 Å². The van der Waals surface area contributed by atoms with E-state index in [0.29, 0.717) is 25.7 Å². The van der Waals surface area contributed by atoms with Crippen LogP contribution < -0.4 is 0 Å². The van der Waals surface area contributed by atoms with Crippen molar-refractivity contribution in [1.82, 2.24) is 0 Å². The first kappa shape index (κ1) is 93.5. The molecule has 0 bridgehead atoms. The highest BCUT2D eigenvalue weighted by Crippen LogP contribution is 2.45. The van der Waals surface area contributed by atoms with Crippen molar-refractivity contribution in [3.05, 3.63) is 24.3 Å². The SMILES string of the molecule is CCCCCC/C=C\C=C/CCCCCCCC(=O)O[C@H](COC(=O)CCCCCCCCCCCCCCC(C)C)COP(=O)(O)OC[C@@H](O)COP(=O)(O)OC[C@@H](COC(=O)CCCCCCCCCCCCCC)OC(=O)CCCCCCCCCCCCCC(C)C. The predicted octanol–water partition coefficient (Wildman–Crippen LogP) is 22.3. The van der Waals surface area contributed by atoms with Gasteiger partial charge in [-0.15, -0.1) is 0 Å². The van der Waals surface area contributed by atoms with Crippen molar-refractivity contribution in [2.24, 2.45) is 11.8 Å². The van der Waals surface area contributed by atoms with E-state index in [0.717, 1.165) is 115 Å². The predicted molar refractivity (Wildman–Crippen MR) is 391 cm³/mol. The largest absolute Gasteiger partial charge is 0.472 e. The van der Waals surface area contributed by atoms with E-state index in [4.69, 9.17) is 37.0 Å². The average molecular weight is 1410 g/mol. The van der Waals surface area contributed by atoms with Gasteiger partial charge in [-0.25, -0.2) is 9.13 Å². The second-order valence-electron chi connectivity index (χ2n) is 28.0. The third-order valence-corrected chi connectivity index (χ3v) is 19.2. The molecule has 0 heterocycles. The number of ether oxygens (including phenoxy) is 4. The van der Waals surface area contributed by atoms with Gasteiger partial charge in [0.15, 0.2) is 12.2 Å². The van der Waals surface area contributed by atoms with Crippen molar-refractivity contribution in [2.75, 3.05) is 39.6 Å². The minimum atomic E-state index is -4.97. The zero-order chi connectivity index (χ0) is 70.7. The van der Waals surface area contributed by atoms with Gasteiger partial charge in [-0.05, 0) is 63.2 Å². The molecule has 19 heteroatoms. The maximum atomic E-state index is 13.1. The quantitative estimate of drug-likeness (QED) is 0.0169. The Kier molecular flexibility index (Phi) is 66.6. The third-order valence-electron chi connectivity index (χ3n) is 17.3. The second-order valence-corrected chi connectivity index (χ2v) is 30.9. The highest BCUT2D eigenvalue weighted by atomic mass is 31.2. The van der Waals surface area contributed by atoms with Crippen LogP contribution >= 0.6 is 15.6 Å². The lowest BCUT2D eigenvalue weighted by Gasteiger charge is -2.21. The maximum absolute atomic E-state index is 13.1. The first-order valence-electron chi connectivity index (χ1n) is 39.3. The van der Waals surface area contributed by atoms with E-state index < -0.39 is 97.5 Å². The number of carbonyl (C=O) groups is 4. The number of phosphoric ester groups is 2. The summed E-state index contributed by atoms with van der Waals surface area (Å²) in [5.74, 6) is -0.600. The number of phosphoric acid groups is 2. The Morgan fingerprint density at radius 3 is 0.854 bits per heavy atom. The average Bonchev–Trinajstić information content (AvgIpc) is 1.71. The van der Waals surface area contributed by atoms with Crippen molar-refractivity contribution in [2.45, 2.75) is 394 Å². The summed E-state index contributed by atoms with van der Waals surface area (Å²) in [7, 11) is -9.93. The summed E-state index contributed by atoms with van der Waals surface area (Å²) in [6.07, 6.45) is 58.9. The van der Waals surface area contributed by atoms with E-state index in [2.05, 4.69) is 65.8 Å². The first-order valence-corrected chi connectivity index (χ1v) is 42.3. The zero-order valence-electron chi connectivity index (χ0n) is 62.2. The Balaban J connectivity index is 5.30. The van der Waals surface area contributed by atoms with E-state index in [9.17, 15) is 43.2 Å². The van der Waals surface area contributed by atoms with Crippen LogP contribution in [0.25, 0.3) is 0 Å². The molecule has 0 spiro atoms. The summed E-state index contributed by atoms with van der Waals surface area (Å²) in [5, 5.41) is 10.6. The van der Waals surface area contributed by atoms with E-state index in [1.165, 1.54) is 180 Å². The van der Waals surface area contributed by atoms with Crippen LogP contribution in [0.2, 0.25) is 0 Å². The normalized spacial score (nSPS) is 14.2. The Bertz CT molecular complexity index is 1950. The lowest BCUT2D eigenvalue weighted by Crippen LogP contribution is -2.30. The number of aliphatic hydroxyl groups excluding tert-OH is 1. The second kappa shape index (κ2) is 68.3. The lowest BCUT2D eigenvalue weighted by molar-refractivity contribution is -0.161. The van der Waals surface area contributed by atoms with Crippen molar-refractivity contribution < 1.29 is 80.2 Å². The van der Waals surface area contributed by atoms with Gasteiger partial charge in [-0.2, -0.15) is 0 Å². The molecule has 5 atom stereocenters. The van der Waals surface area contributed by atoms with E-state index in [-0.39, 0.29) is 25.7 Å². The number of allylic oxidation sites excluding steroid dienone is 4. The monoisotopic (exact) mass is 1410 g/mol. The van der Waals surface area contributed by atoms with Gasteiger partial charge in [0.1, 0.15) is 19.3 Å². The Labute approximate surface area is 586 Å². The highest BCUT2D eigenvalue weighted by Gasteiger charge is 2.30. The molecule has 0 aromatic rings. The molecule has 0 aliphatic heterocycles. The number of hydrogen-bond donors (Lipinski definition) is 3. The van der Waals surface area contributed by atoms with Gasteiger partial charge in [-0.3, -0.25) is 37.3 Å². The molecule has 0 saturated heterocycles. The molecule has 0 aromatic heterocycles. The molecule has 0 saturated carbocycles. The number of hydrogen-bond acceptors (Lipinski definition) is 15. The molecule has 0 aromatic carbocycles. The summed E-state index contributed by atoms with van der Waals surface area (Å²) in [6, 6.07) is 0. The molecule has 17 nitrogen and oxygen atoms in total. The number of carbonyl (C=O) groups excluding carboxylic acids is 4. The summed E-state index contributed by atoms with van der Waals surface area (Å²) >= 11 is 0. The molecule has 0 rings (SSSR count). The molecule has 0 fully saturated rings. The van der Waals surface area contributed by atoms with Crippen LogP contribution in [-0.2, 0) is 65.4 Å². The van der Waals surface area contributed by atoms with Gasteiger partial charge in [-0.1, -0.05) is 323 Å². The Morgan fingerprint density at radius 2 is 0.562 bits per heavy atom. The molecule has 0 aliphatic rings. The molecule has 566 valence electrons. The fraction of sp³-hybridized carbons (Fsp3) is 0.896. The van der Waals surface area contributed by atoms with Crippen LogP contribution in [0.5, 0.6) is 0 Å². The van der Waals surface area contributed by atoms with E-state index in [1.807, 2.05) is 0 Å². The number of aliphatic hydroxyl groups is 1. The molecule has 2 unspecified atom stereocenters. The molecule has 0 aliphatic carbocycles. The zero-order valence-corrected chi connectivity index (χ0v) is 63.9. The molecule has 96 heavy (non-hydrogen) atoms. The topological polar surface area (TPSA) is 237 Å². The van der Waals surface area contributed by atoms with Crippen molar-refractivity contribution >= 4 is 39.5 Å². The minimum absolute atomic E-state index is 0.0851. The summed E-state index contributed by atoms with van der Waals surface area (Å²) in [4.78, 5) is 72.9. The highest BCUT2D eigenvalue weighted by molar-refractivity contribution is 7.47. The molecule has 0 radical (unpaired) electrons. The Hall–Kier alpha value is -2.46. The van der Waals surface area contributed by atoms with E-state index >= 15 is 0 Å². The van der Waals surface area contributed by atoms with E-state index in [1.54, 1.807) is 0 Å². The van der Waals surface area contributed by atoms with Gasteiger partial charge in [0.25, 0.3) is 0 Å². The van der Waals surface area contributed by atoms with Crippen LogP contribution in [0.3, 0.4) is 0 Å². The fourth-order valence-corrected chi connectivity index (χ4v) is 12.9. The van der Waals surface area contributed by atoms with Crippen molar-refractivity contribution in [3.8, 4) is 0 Å². The van der Waals surface area contributed by atoms with Crippen molar-refractivity contribution in [1.29, 1.82) is 0 Å². The first-order chi connectivity index (χ1) is 46.4. The lowest BCUT2D eigenvalue weighted by atomic mass is 10.0. The van der Waals surface area contributed by atoms with Crippen molar-refractivity contribution in [3.63, 3.8) is 0 Å². The Morgan fingerprint density at radius 1 is 0.323 bits per heavy atom. The standard InChI is InChI=1S/C77H146O17P2/c1-7-9-11-13-15-17-19-21-22-23-31-37-43-49-55-61-76(81)93-72(66-88-75(80)60-54-48-42-36-30-25-24-27-33-39-45-51-57-69(3)4)67-91-95(83,84)89-63-71(78)64-90-96(85,86)92-68-73(65-87-74(79)59-53-47-41-35-29-20-18-16-14-12-10-8-2)94-77(82)62-56-50-44-38-32-26-28-34-40-46-52-58-70(5)6/h17,19,21-22,69-73,78H,7-16,18,20,23-68H2,1-6H3,(H,83,84)(H,85,86)/b19-17-,22-21-/t71-,72-,73-/m1/s1. The molecule has 0 amide bonds. The van der Waals surface area contributed by atoms with Crippen LogP contribution in [0.4, 0.5) is 0 Å². The van der Waals surface area contributed by atoms with Crippen LogP contribution in [0.15, 0.2) is 24.3 Å². The van der Waals surface area contributed by atoms with Gasteiger partial charge < -0.3 is 33.8 Å². The van der Waals surface area contributed by atoms with Crippen LogP contribution in [0, 0.1) is 11.8 Å². The van der Waals surface area contributed by atoms with Gasteiger partial charge in [0, 0.05) is 25.7 Å². The number of unbranched alkanes of at least 4 members (excludes halogenated alkanes) is 41. The molecule has 3 N–H and O–H groups in total. The van der Waals surface area contributed by atoms with Crippen LogP contribution in [-0.4, -0.2) is 96.7 Å². The maximum Gasteiger partial charge on any atom is 0.472 e. The van der Waals surface area contributed by atoms with Gasteiger partial charge >= 0.3 is 39.5 Å². The minimum Gasteiger partial charge on any atom is -0.462 e. The third kappa shape index (κ3) is 70.0. The molecular formula is C77H146O17P2. The summed E-state index contributed by atoms with van der Waals surface area (Å²) in [5.41, 5.74) is 0. The van der Waals surface area contributed by atoms with Gasteiger partial charge in [0.2, 0.25) is 0 Å². The number of rotatable bonds is 74. The summed E-state index contributed by atoms with van der Waals surface area (Å²) in [6.45, 7) is 9.55. The summed E-state index contributed by atoms with van der Waals surface area (Å²) < 4.78 is 68.5. The van der Waals surface area contributed by atoms with Gasteiger partial charge in [0.05, 0.1) is 26.4 Å². The smallest absolute Gasteiger partial charge is 0.462 e. The fourth-order valence-electron chi connectivity index (χ4n) is 11.3.